The van der Waals surface area contributed by atoms with Crippen molar-refractivity contribution in [3.8, 4) is 0 Å². The molecule has 3 atom stereocenters. The van der Waals surface area contributed by atoms with Crippen LogP contribution in [-0.4, -0.2) is 0 Å². The van der Waals surface area contributed by atoms with Gasteiger partial charge in [-0.2, -0.15) is 0 Å². The van der Waals surface area contributed by atoms with Crippen molar-refractivity contribution >= 4 is 0 Å². The van der Waals surface area contributed by atoms with Crippen LogP contribution in [0.3, 0.4) is 0 Å². The molecule has 0 radical (unpaired) electrons. The van der Waals surface area contributed by atoms with Crippen LogP contribution in [0.5, 0.6) is 0 Å². The van der Waals surface area contributed by atoms with Gasteiger partial charge >= 0.3 is 0 Å². The second-order valence-electron chi connectivity index (χ2n) is 7.32. The highest BCUT2D eigenvalue weighted by molar-refractivity contribution is 4.83. The first-order valence-electron chi connectivity index (χ1n) is 7.93. The predicted octanol–water partition coefficient (Wildman–Crippen LogP) is 5.77. The first kappa shape index (κ1) is 15.1. The van der Waals surface area contributed by atoms with Crippen LogP contribution in [0.15, 0.2) is 0 Å². The van der Waals surface area contributed by atoms with E-state index in [0.717, 1.165) is 35.5 Å². The van der Waals surface area contributed by atoms with Gasteiger partial charge in [-0.15, -0.1) is 0 Å². The summed E-state index contributed by atoms with van der Waals surface area (Å²) in [6, 6.07) is 0. The minimum Gasteiger partial charge on any atom is -0.0651 e. The zero-order chi connectivity index (χ0) is 13.0. The Hall–Kier alpha value is 0. The van der Waals surface area contributed by atoms with E-state index in [1.54, 1.807) is 0 Å². The quantitative estimate of drug-likeness (QED) is 0.528. The summed E-state index contributed by atoms with van der Waals surface area (Å²) in [4.78, 5) is 0. The molecular formula is C17H34. The Bertz CT molecular complexity index is 200. The lowest BCUT2D eigenvalue weighted by Gasteiger charge is -2.40. The molecule has 1 aliphatic rings. The molecule has 0 heterocycles. The maximum absolute atomic E-state index is 2.48. The molecule has 1 aliphatic carbocycles. The lowest BCUT2D eigenvalue weighted by Crippen LogP contribution is -2.30. The summed E-state index contributed by atoms with van der Waals surface area (Å²) in [6.45, 7) is 14.5. The third-order valence-corrected chi connectivity index (χ3v) is 5.09. The fraction of sp³-hybridized carbons (Fsp3) is 1.00. The maximum atomic E-state index is 2.48. The van der Waals surface area contributed by atoms with E-state index in [0.29, 0.717) is 0 Å². The summed E-state index contributed by atoms with van der Waals surface area (Å²) < 4.78 is 0. The Morgan fingerprint density at radius 1 is 0.941 bits per heavy atom. The Morgan fingerprint density at radius 3 is 1.88 bits per heavy atom. The van der Waals surface area contributed by atoms with E-state index < -0.39 is 0 Å². The van der Waals surface area contributed by atoms with E-state index in [-0.39, 0.29) is 0 Å². The largest absolute Gasteiger partial charge is 0.0651 e. The minimum absolute atomic E-state index is 0.858. The molecule has 1 saturated carbocycles. The smallest absolute Gasteiger partial charge is 0.0381 e. The van der Waals surface area contributed by atoms with Crippen LogP contribution < -0.4 is 0 Å². The summed E-state index contributed by atoms with van der Waals surface area (Å²) in [6.07, 6.45) is 7.28. The van der Waals surface area contributed by atoms with Crippen molar-refractivity contribution in [2.24, 2.45) is 35.5 Å². The van der Waals surface area contributed by atoms with Crippen molar-refractivity contribution in [2.45, 2.75) is 73.6 Å². The highest BCUT2D eigenvalue weighted by Crippen LogP contribution is 2.43. The second-order valence-corrected chi connectivity index (χ2v) is 7.32. The Balaban J connectivity index is 2.34. The Labute approximate surface area is 110 Å². The topological polar surface area (TPSA) is 0 Å². The summed E-state index contributed by atoms with van der Waals surface area (Å²) >= 11 is 0. The third kappa shape index (κ3) is 4.64. The highest BCUT2D eigenvalue weighted by atomic mass is 14.4. The van der Waals surface area contributed by atoms with Gasteiger partial charge in [0.2, 0.25) is 0 Å². The highest BCUT2D eigenvalue weighted by Gasteiger charge is 2.32. The first-order valence-corrected chi connectivity index (χ1v) is 7.93. The molecule has 0 spiro atoms. The number of hydrogen-bond donors (Lipinski definition) is 0. The third-order valence-electron chi connectivity index (χ3n) is 5.09. The Morgan fingerprint density at radius 2 is 1.47 bits per heavy atom. The summed E-state index contributed by atoms with van der Waals surface area (Å²) in [5, 5.41) is 0. The molecule has 0 aromatic heterocycles. The molecule has 1 rings (SSSR count). The SMILES string of the molecule is CCC(CC(C)C(C)CC(C)C)C1CC(C)C1. The zero-order valence-electron chi connectivity index (χ0n) is 13.0. The van der Waals surface area contributed by atoms with Gasteiger partial charge in [-0.25, -0.2) is 0 Å². The average molecular weight is 238 g/mol. The van der Waals surface area contributed by atoms with Crippen LogP contribution in [0.2, 0.25) is 0 Å². The van der Waals surface area contributed by atoms with E-state index in [9.17, 15) is 0 Å². The molecule has 0 heteroatoms. The van der Waals surface area contributed by atoms with Gasteiger partial charge in [-0.3, -0.25) is 0 Å². The van der Waals surface area contributed by atoms with Gasteiger partial charge in [0, 0.05) is 0 Å². The van der Waals surface area contributed by atoms with E-state index in [4.69, 9.17) is 0 Å². The van der Waals surface area contributed by atoms with Gasteiger partial charge in [-0.1, -0.05) is 48.0 Å². The molecule has 0 bridgehead atoms. The molecule has 102 valence electrons. The molecule has 0 aliphatic heterocycles. The van der Waals surface area contributed by atoms with Gasteiger partial charge in [0.25, 0.3) is 0 Å². The summed E-state index contributed by atoms with van der Waals surface area (Å²) in [7, 11) is 0. The van der Waals surface area contributed by atoms with Crippen LogP contribution >= 0.6 is 0 Å². The summed E-state index contributed by atoms with van der Waals surface area (Å²) in [5.74, 6) is 5.76. The second kappa shape index (κ2) is 6.81. The van der Waals surface area contributed by atoms with Crippen molar-refractivity contribution in [1.29, 1.82) is 0 Å². The van der Waals surface area contributed by atoms with Gasteiger partial charge in [0.15, 0.2) is 0 Å². The molecule has 0 nitrogen and oxygen atoms in total. The first-order chi connectivity index (χ1) is 7.93. The molecule has 0 saturated heterocycles. The Kier molecular flexibility index (Phi) is 6.03. The molecule has 0 N–H and O–H groups in total. The fourth-order valence-corrected chi connectivity index (χ4v) is 3.73. The van der Waals surface area contributed by atoms with Gasteiger partial charge in [-0.05, 0) is 61.2 Å². The fourth-order valence-electron chi connectivity index (χ4n) is 3.73. The molecule has 3 unspecified atom stereocenters. The van der Waals surface area contributed by atoms with Crippen LogP contribution in [-0.2, 0) is 0 Å². The van der Waals surface area contributed by atoms with E-state index in [1.165, 1.54) is 32.1 Å². The molecule has 1 fully saturated rings. The molecule has 0 aromatic rings. The van der Waals surface area contributed by atoms with Crippen molar-refractivity contribution in [1.82, 2.24) is 0 Å². The summed E-state index contributed by atoms with van der Waals surface area (Å²) in [5.41, 5.74) is 0. The van der Waals surface area contributed by atoms with Crippen LogP contribution in [0.25, 0.3) is 0 Å². The molecule has 17 heavy (non-hydrogen) atoms. The lowest BCUT2D eigenvalue weighted by atomic mass is 9.65. The van der Waals surface area contributed by atoms with Crippen LogP contribution in [0.4, 0.5) is 0 Å². The minimum atomic E-state index is 0.858. The van der Waals surface area contributed by atoms with Gasteiger partial charge in [0.05, 0.1) is 0 Å². The zero-order valence-corrected chi connectivity index (χ0v) is 13.0. The van der Waals surface area contributed by atoms with E-state index >= 15 is 0 Å². The number of hydrogen-bond acceptors (Lipinski definition) is 0. The predicted molar refractivity (Wildman–Crippen MR) is 78.1 cm³/mol. The van der Waals surface area contributed by atoms with Crippen LogP contribution in [0.1, 0.15) is 73.6 Å². The van der Waals surface area contributed by atoms with Crippen molar-refractivity contribution < 1.29 is 0 Å². The van der Waals surface area contributed by atoms with Crippen LogP contribution in [0, 0.1) is 35.5 Å². The van der Waals surface area contributed by atoms with E-state index in [2.05, 4.69) is 41.5 Å². The van der Waals surface area contributed by atoms with E-state index in [1.807, 2.05) is 0 Å². The van der Waals surface area contributed by atoms with Gasteiger partial charge < -0.3 is 0 Å². The van der Waals surface area contributed by atoms with Crippen molar-refractivity contribution in [3.05, 3.63) is 0 Å². The van der Waals surface area contributed by atoms with Gasteiger partial charge in [0.1, 0.15) is 0 Å². The maximum Gasteiger partial charge on any atom is -0.0381 e. The van der Waals surface area contributed by atoms with Crippen molar-refractivity contribution in [2.75, 3.05) is 0 Å². The monoisotopic (exact) mass is 238 g/mol. The molecule has 0 amide bonds. The molecular weight excluding hydrogens is 204 g/mol. The average Bonchev–Trinajstić information content (AvgIpc) is 2.20. The lowest BCUT2D eigenvalue weighted by molar-refractivity contribution is 0.105. The number of rotatable bonds is 7. The van der Waals surface area contributed by atoms with Crippen molar-refractivity contribution in [3.63, 3.8) is 0 Å². The standard InChI is InChI=1S/C17H34/c1-7-16(17-9-13(4)10-17)11-15(6)14(5)8-12(2)3/h12-17H,7-11H2,1-6H3. The normalized spacial score (nSPS) is 29.8. The molecule has 0 aromatic carbocycles.